The molecule has 1 heterocycles. The molecule has 0 aliphatic rings. The molecule has 1 atom stereocenters. The van der Waals surface area contributed by atoms with Gasteiger partial charge in [-0.2, -0.15) is 0 Å². The van der Waals surface area contributed by atoms with E-state index in [4.69, 9.17) is 5.73 Å². The molecule has 3 heteroatoms. The molecule has 0 bridgehead atoms. The molecular weight excluding hydrogens is 234 g/mol. The topological polar surface area (TPSA) is 50.9 Å². The maximum absolute atomic E-state index is 5.88. The summed E-state index contributed by atoms with van der Waals surface area (Å²) in [7, 11) is 0. The predicted octanol–water partition coefficient (Wildman–Crippen LogP) is 2.79. The van der Waals surface area contributed by atoms with Crippen molar-refractivity contribution in [2.75, 3.05) is 13.1 Å². The minimum absolute atomic E-state index is 0.216. The number of rotatable bonds is 5. The van der Waals surface area contributed by atoms with Crippen molar-refractivity contribution in [2.45, 2.75) is 26.8 Å². The Morgan fingerprint density at radius 1 is 1.21 bits per heavy atom. The summed E-state index contributed by atoms with van der Waals surface area (Å²) >= 11 is 0. The van der Waals surface area contributed by atoms with Gasteiger partial charge in [0.2, 0.25) is 0 Å². The highest BCUT2D eigenvalue weighted by atomic mass is 14.9. The molecule has 0 spiro atoms. The summed E-state index contributed by atoms with van der Waals surface area (Å²) in [5.41, 5.74) is 9.21. The first kappa shape index (κ1) is 14.0. The van der Waals surface area contributed by atoms with Gasteiger partial charge in [0, 0.05) is 23.7 Å². The molecular formula is C16H23N3. The average Bonchev–Trinajstić information content (AvgIpc) is 2.39. The Kier molecular flexibility index (Phi) is 4.51. The lowest BCUT2D eigenvalue weighted by Crippen LogP contribution is -2.30. The monoisotopic (exact) mass is 257 g/mol. The zero-order chi connectivity index (χ0) is 13.8. The van der Waals surface area contributed by atoms with Crippen molar-refractivity contribution in [1.29, 1.82) is 0 Å². The quantitative estimate of drug-likeness (QED) is 0.866. The number of nitrogens with zero attached hydrogens (tertiary/aromatic N) is 1. The molecule has 0 radical (unpaired) electrons. The number of aryl methyl sites for hydroxylation is 1. The van der Waals surface area contributed by atoms with Gasteiger partial charge in [0.15, 0.2) is 0 Å². The molecule has 1 aromatic carbocycles. The molecule has 3 N–H and O–H groups in total. The third kappa shape index (κ3) is 3.52. The fraction of sp³-hybridized carbons (Fsp3) is 0.438. The second-order valence-corrected chi connectivity index (χ2v) is 5.50. The molecule has 1 aromatic heterocycles. The lowest BCUT2D eigenvalue weighted by atomic mass is 10.0. The number of pyridine rings is 1. The molecule has 0 saturated carbocycles. The van der Waals surface area contributed by atoms with E-state index in [-0.39, 0.29) is 6.04 Å². The first-order valence-corrected chi connectivity index (χ1v) is 6.91. The summed E-state index contributed by atoms with van der Waals surface area (Å²) in [6.45, 7) is 8.01. The summed E-state index contributed by atoms with van der Waals surface area (Å²) in [5.74, 6) is 0.624. The standard InChI is InChI=1S/C16H23N3/c1-11(2)10-18-16(9-17)14-6-7-15-13(8-14)5-4-12(3)19-15/h4-8,11,16,18H,9-10,17H2,1-3H3. The zero-order valence-corrected chi connectivity index (χ0v) is 12.0. The van der Waals surface area contributed by atoms with Crippen LogP contribution >= 0.6 is 0 Å². The fourth-order valence-corrected chi connectivity index (χ4v) is 2.18. The summed E-state index contributed by atoms with van der Waals surface area (Å²) in [6.07, 6.45) is 0. The highest BCUT2D eigenvalue weighted by molar-refractivity contribution is 5.79. The summed E-state index contributed by atoms with van der Waals surface area (Å²) in [6, 6.07) is 10.8. The van der Waals surface area contributed by atoms with E-state index in [1.165, 1.54) is 10.9 Å². The highest BCUT2D eigenvalue weighted by Crippen LogP contribution is 2.19. The van der Waals surface area contributed by atoms with Gasteiger partial charge in [-0.1, -0.05) is 26.0 Å². The van der Waals surface area contributed by atoms with Gasteiger partial charge in [0.05, 0.1) is 5.52 Å². The van der Waals surface area contributed by atoms with Crippen molar-refractivity contribution in [3.05, 3.63) is 41.6 Å². The number of fused-ring (bicyclic) bond motifs is 1. The van der Waals surface area contributed by atoms with Crippen LogP contribution in [0.25, 0.3) is 10.9 Å². The number of benzene rings is 1. The summed E-state index contributed by atoms with van der Waals surface area (Å²) in [5, 5.41) is 4.69. The van der Waals surface area contributed by atoms with Crippen LogP contribution in [0.2, 0.25) is 0 Å². The minimum atomic E-state index is 0.216. The third-order valence-electron chi connectivity index (χ3n) is 3.26. The van der Waals surface area contributed by atoms with Gasteiger partial charge in [0.25, 0.3) is 0 Å². The first-order valence-electron chi connectivity index (χ1n) is 6.91. The Labute approximate surface area is 115 Å². The van der Waals surface area contributed by atoms with Gasteiger partial charge in [-0.25, -0.2) is 0 Å². The molecule has 2 rings (SSSR count). The number of hydrogen-bond acceptors (Lipinski definition) is 3. The molecule has 0 fully saturated rings. The Hall–Kier alpha value is -1.45. The van der Waals surface area contributed by atoms with E-state index in [0.29, 0.717) is 12.5 Å². The van der Waals surface area contributed by atoms with E-state index in [1.807, 2.05) is 13.0 Å². The van der Waals surface area contributed by atoms with E-state index >= 15 is 0 Å². The molecule has 2 aromatic rings. The van der Waals surface area contributed by atoms with E-state index in [0.717, 1.165) is 17.8 Å². The Bertz CT molecular complexity index is 549. The fourth-order valence-electron chi connectivity index (χ4n) is 2.18. The Morgan fingerprint density at radius 3 is 2.68 bits per heavy atom. The van der Waals surface area contributed by atoms with Crippen molar-refractivity contribution >= 4 is 10.9 Å². The van der Waals surface area contributed by atoms with Crippen LogP contribution in [0.1, 0.15) is 31.1 Å². The van der Waals surface area contributed by atoms with E-state index < -0.39 is 0 Å². The van der Waals surface area contributed by atoms with Crippen LogP contribution in [0, 0.1) is 12.8 Å². The summed E-state index contributed by atoms with van der Waals surface area (Å²) < 4.78 is 0. The smallest absolute Gasteiger partial charge is 0.0705 e. The van der Waals surface area contributed by atoms with Crippen molar-refractivity contribution in [2.24, 2.45) is 11.7 Å². The second-order valence-electron chi connectivity index (χ2n) is 5.50. The van der Waals surface area contributed by atoms with Crippen LogP contribution in [0.5, 0.6) is 0 Å². The van der Waals surface area contributed by atoms with Crippen molar-refractivity contribution < 1.29 is 0 Å². The van der Waals surface area contributed by atoms with Gasteiger partial charge in [0.1, 0.15) is 0 Å². The molecule has 0 saturated heterocycles. The van der Waals surface area contributed by atoms with Crippen LogP contribution in [0.4, 0.5) is 0 Å². The largest absolute Gasteiger partial charge is 0.329 e. The van der Waals surface area contributed by atoms with Crippen LogP contribution in [-0.4, -0.2) is 18.1 Å². The van der Waals surface area contributed by atoms with Crippen molar-refractivity contribution in [3.63, 3.8) is 0 Å². The first-order chi connectivity index (χ1) is 9.10. The lowest BCUT2D eigenvalue weighted by Gasteiger charge is -2.19. The number of nitrogens with two attached hydrogens (primary N) is 1. The van der Waals surface area contributed by atoms with Gasteiger partial charge in [-0.3, -0.25) is 4.98 Å². The Balaban J connectivity index is 2.25. The van der Waals surface area contributed by atoms with Gasteiger partial charge in [-0.05, 0) is 43.1 Å². The molecule has 19 heavy (non-hydrogen) atoms. The minimum Gasteiger partial charge on any atom is -0.329 e. The van der Waals surface area contributed by atoms with Crippen molar-refractivity contribution in [3.8, 4) is 0 Å². The van der Waals surface area contributed by atoms with Crippen LogP contribution in [0.15, 0.2) is 30.3 Å². The molecule has 0 aliphatic carbocycles. The molecule has 3 nitrogen and oxygen atoms in total. The molecule has 0 aliphatic heterocycles. The molecule has 0 amide bonds. The second kappa shape index (κ2) is 6.13. The summed E-state index contributed by atoms with van der Waals surface area (Å²) in [4.78, 5) is 4.52. The van der Waals surface area contributed by atoms with E-state index in [9.17, 15) is 0 Å². The van der Waals surface area contributed by atoms with E-state index in [2.05, 4.69) is 48.4 Å². The van der Waals surface area contributed by atoms with Crippen molar-refractivity contribution in [1.82, 2.24) is 10.3 Å². The number of aromatic nitrogens is 1. The third-order valence-corrected chi connectivity index (χ3v) is 3.26. The SMILES string of the molecule is Cc1ccc2cc(C(CN)NCC(C)C)ccc2n1. The van der Waals surface area contributed by atoms with Crippen LogP contribution in [0.3, 0.4) is 0 Å². The van der Waals surface area contributed by atoms with Gasteiger partial charge in [-0.15, -0.1) is 0 Å². The van der Waals surface area contributed by atoms with Crippen LogP contribution in [-0.2, 0) is 0 Å². The zero-order valence-electron chi connectivity index (χ0n) is 12.0. The lowest BCUT2D eigenvalue weighted by molar-refractivity contribution is 0.479. The number of nitrogens with one attached hydrogen (secondary N) is 1. The van der Waals surface area contributed by atoms with Gasteiger partial charge < -0.3 is 11.1 Å². The average molecular weight is 257 g/mol. The number of hydrogen-bond donors (Lipinski definition) is 2. The molecule has 1 unspecified atom stereocenters. The maximum atomic E-state index is 5.88. The predicted molar refractivity (Wildman–Crippen MR) is 81.1 cm³/mol. The highest BCUT2D eigenvalue weighted by Gasteiger charge is 2.10. The maximum Gasteiger partial charge on any atom is 0.0705 e. The van der Waals surface area contributed by atoms with E-state index in [1.54, 1.807) is 0 Å². The van der Waals surface area contributed by atoms with Crippen LogP contribution < -0.4 is 11.1 Å². The van der Waals surface area contributed by atoms with Gasteiger partial charge >= 0.3 is 0 Å². The normalized spacial score (nSPS) is 13.1. The Morgan fingerprint density at radius 2 is 2.00 bits per heavy atom. The molecule has 102 valence electrons.